The van der Waals surface area contributed by atoms with E-state index in [1.165, 1.54) is 5.56 Å². The molecule has 2 heterocycles. The van der Waals surface area contributed by atoms with E-state index in [1.807, 2.05) is 47.2 Å². The first-order valence-corrected chi connectivity index (χ1v) is 8.22. The van der Waals surface area contributed by atoms with Gasteiger partial charge in [-0.3, -0.25) is 14.6 Å². The smallest absolute Gasteiger partial charge is 0.196 e. The Morgan fingerprint density at radius 1 is 1.00 bits per heavy atom. The monoisotopic (exact) mass is 332 g/mol. The average Bonchev–Trinajstić information content (AvgIpc) is 3.02. The third kappa shape index (κ3) is 2.43. The molecule has 2 aromatic carbocycles. The number of fused-ring (bicyclic) bond motifs is 1. The first-order chi connectivity index (χ1) is 11.8. The average molecular weight is 332 g/mol. The first-order valence-electron chi connectivity index (χ1n) is 7.81. The van der Waals surface area contributed by atoms with Crippen LogP contribution in [0.4, 0.5) is 0 Å². The summed E-state index contributed by atoms with van der Waals surface area (Å²) in [6, 6.07) is 20.5. The Hall–Kier alpha value is -2.79. The number of aromatic amines is 1. The van der Waals surface area contributed by atoms with Gasteiger partial charge in [-0.05, 0) is 36.2 Å². The Balaban J connectivity index is 1.93. The topological polar surface area (TPSA) is 46.5 Å². The van der Waals surface area contributed by atoms with Gasteiger partial charge >= 0.3 is 0 Å². The molecule has 2 aromatic heterocycles. The summed E-state index contributed by atoms with van der Waals surface area (Å²) in [5.74, 6) is 0.758. The van der Waals surface area contributed by atoms with Crippen molar-refractivity contribution in [1.29, 1.82) is 0 Å². The molecule has 0 fully saturated rings. The molecule has 0 saturated heterocycles. The molecule has 4 aromatic rings. The number of pyridine rings is 1. The molecule has 0 aliphatic rings. The third-order valence-corrected chi connectivity index (χ3v) is 4.55. The van der Waals surface area contributed by atoms with Crippen molar-refractivity contribution in [2.45, 2.75) is 13.0 Å². The van der Waals surface area contributed by atoms with E-state index in [4.69, 9.17) is 12.2 Å². The second-order valence-electron chi connectivity index (χ2n) is 5.69. The SMILES string of the molecule is CC(c1ccccc1)n1c(-c2nccc3ccccc23)n[nH]c1=S. The van der Waals surface area contributed by atoms with Gasteiger partial charge in [0.15, 0.2) is 10.6 Å². The van der Waals surface area contributed by atoms with Crippen LogP contribution in [0, 0.1) is 4.77 Å². The van der Waals surface area contributed by atoms with Crippen molar-refractivity contribution in [1.82, 2.24) is 19.7 Å². The van der Waals surface area contributed by atoms with Gasteiger partial charge in [-0.25, -0.2) is 0 Å². The zero-order chi connectivity index (χ0) is 16.5. The highest BCUT2D eigenvalue weighted by molar-refractivity contribution is 7.71. The van der Waals surface area contributed by atoms with Crippen LogP contribution in [0.5, 0.6) is 0 Å². The summed E-state index contributed by atoms with van der Waals surface area (Å²) >= 11 is 5.49. The van der Waals surface area contributed by atoms with Gasteiger partial charge in [0.1, 0.15) is 5.69 Å². The van der Waals surface area contributed by atoms with Crippen LogP contribution in [0.25, 0.3) is 22.3 Å². The molecule has 0 spiro atoms. The fourth-order valence-corrected chi connectivity index (χ4v) is 3.30. The third-order valence-electron chi connectivity index (χ3n) is 4.26. The van der Waals surface area contributed by atoms with Gasteiger partial charge in [-0.1, -0.05) is 54.6 Å². The quantitative estimate of drug-likeness (QED) is 0.550. The summed E-state index contributed by atoms with van der Waals surface area (Å²) in [4.78, 5) is 4.58. The van der Waals surface area contributed by atoms with Crippen molar-refractivity contribution in [2.24, 2.45) is 0 Å². The fraction of sp³-hybridized carbons (Fsp3) is 0.105. The summed E-state index contributed by atoms with van der Waals surface area (Å²) in [6.07, 6.45) is 1.81. The molecule has 4 rings (SSSR count). The predicted octanol–water partition coefficient (Wildman–Crippen LogP) is 4.77. The Morgan fingerprint density at radius 2 is 1.75 bits per heavy atom. The molecule has 118 valence electrons. The number of nitrogens with one attached hydrogen (secondary N) is 1. The number of aromatic nitrogens is 4. The summed E-state index contributed by atoms with van der Waals surface area (Å²) in [6.45, 7) is 2.12. The number of benzene rings is 2. The molecule has 0 radical (unpaired) electrons. The minimum Gasteiger partial charge on any atom is -0.291 e. The van der Waals surface area contributed by atoms with Crippen LogP contribution in [-0.2, 0) is 0 Å². The largest absolute Gasteiger partial charge is 0.291 e. The molecule has 4 nitrogen and oxygen atoms in total. The van der Waals surface area contributed by atoms with E-state index in [9.17, 15) is 0 Å². The maximum absolute atomic E-state index is 5.49. The zero-order valence-corrected chi connectivity index (χ0v) is 14.0. The Kier molecular flexibility index (Phi) is 3.70. The molecule has 0 amide bonds. The molecule has 0 aliphatic carbocycles. The maximum Gasteiger partial charge on any atom is 0.196 e. The lowest BCUT2D eigenvalue weighted by atomic mass is 10.1. The molecule has 24 heavy (non-hydrogen) atoms. The number of nitrogens with zero attached hydrogens (tertiary/aromatic N) is 3. The van der Waals surface area contributed by atoms with Crippen LogP contribution >= 0.6 is 12.2 Å². The van der Waals surface area contributed by atoms with Crippen LogP contribution in [-0.4, -0.2) is 19.7 Å². The number of hydrogen-bond donors (Lipinski definition) is 1. The standard InChI is InChI=1S/C19H16N4S/c1-13(14-7-3-2-4-8-14)23-18(21-22-19(23)24)17-16-10-6-5-9-15(16)11-12-20-17/h2-13H,1H3,(H,22,24). The van der Waals surface area contributed by atoms with E-state index in [-0.39, 0.29) is 6.04 Å². The molecule has 1 unspecified atom stereocenters. The van der Waals surface area contributed by atoms with Crippen molar-refractivity contribution in [3.8, 4) is 11.5 Å². The van der Waals surface area contributed by atoms with Crippen LogP contribution in [0.3, 0.4) is 0 Å². The normalized spacial score (nSPS) is 12.4. The molecule has 1 N–H and O–H groups in total. The predicted molar refractivity (Wildman–Crippen MR) is 98.4 cm³/mol. The maximum atomic E-state index is 5.49. The summed E-state index contributed by atoms with van der Waals surface area (Å²) in [7, 11) is 0. The van der Waals surface area contributed by atoms with Crippen LogP contribution in [0.1, 0.15) is 18.5 Å². The van der Waals surface area contributed by atoms with E-state index >= 15 is 0 Å². The van der Waals surface area contributed by atoms with Crippen molar-refractivity contribution in [2.75, 3.05) is 0 Å². The van der Waals surface area contributed by atoms with Crippen molar-refractivity contribution in [3.63, 3.8) is 0 Å². The molecule has 1 atom stereocenters. The number of H-pyrrole nitrogens is 1. The Bertz CT molecular complexity index is 1040. The lowest BCUT2D eigenvalue weighted by molar-refractivity contribution is 0.634. The molecular formula is C19H16N4S. The lowest BCUT2D eigenvalue weighted by Crippen LogP contribution is -2.09. The fourth-order valence-electron chi connectivity index (χ4n) is 3.01. The summed E-state index contributed by atoms with van der Waals surface area (Å²) in [5.41, 5.74) is 2.01. The van der Waals surface area contributed by atoms with Gasteiger partial charge in [0, 0.05) is 11.6 Å². The lowest BCUT2D eigenvalue weighted by Gasteiger charge is -2.16. The van der Waals surface area contributed by atoms with Crippen LogP contribution in [0.2, 0.25) is 0 Å². The van der Waals surface area contributed by atoms with Gasteiger partial charge in [0.25, 0.3) is 0 Å². The van der Waals surface area contributed by atoms with Gasteiger partial charge in [-0.2, -0.15) is 5.10 Å². The van der Waals surface area contributed by atoms with Crippen molar-refractivity contribution in [3.05, 3.63) is 77.2 Å². The highest BCUT2D eigenvalue weighted by Crippen LogP contribution is 2.29. The van der Waals surface area contributed by atoms with Gasteiger partial charge in [0.05, 0.1) is 6.04 Å². The van der Waals surface area contributed by atoms with Crippen molar-refractivity contribution >= 4 is 23.0 Å². The van der Waals surface area contributed by atoms with Gasteiger partial charge in [-0.15, -0.1) is 0 Å². The number of rotatable bonds is 3. The number of hydrogen-bond acceptors (Lipinski definition) is 3. The summed E-state index contributed by atoms with van der Waals surface area (Å²) < 4.78 is 2.62. The summed E-state index contributed by atoms with van der Waals surface area (Å²) in [5, 5.41) is 9.59. The zero-order valence-electron chi connectivity index (χ0n) is 13.2. The molecule has 5 heteroatoms. The Morgan fingerprint density at radius 3 is 2.58 bits per heavy atom. The van der Waals surface area contributed by atoms with Crippen LogP contribution < -0.4 is 0 Å². The van der Waals surface area contributed by atoms with Gasteiger partial charge in [0.2, 0.25) is 0 Å². The van der Waals surface area contributed by atoms with E-state index in [2.05, 4.69) is 46.4 Å². The highest BCUT2D eigenvalue weighted by Gasteiger charge is 2.18. The van der Waals surface area contributed by atoms with Gasteiger partial charge < -0.3 is 0 Å². The molecular weight excluding hydrogens is 316 g/mol. The minimum absolute atomic E-state index is 0.0632. The molecule has 0 aliphatic heterocycles. The van der Waals surface area contributed by atoms with Crippen molar-refractivity contribution < 1.29 is 0 Å². The molecule has 0 saturated carbocycles. The first kappa shape index (κ1) is 14.8. The Labute approximate surface area is 144 Å². The molecule has 0 bridgehead atoms. The van der Waals surface area contributed by atoms with E-state index in [1.54, 1.807) is 0 Å². The van der Waals surface area contributed by atoms with E-state index in [0.29, 0.717) is 4.77 Å². The van der Waals surface area contributed by atoms with E-state index in [0.717, 1.165) is 22.3 Å². The highest BCUT2D eigenvalue weighted by atomic mass is 32.1. The minimum atomic E-state index is 0.0632. The van der Waals surface area contributed by atoms with Crippen LogP contribution in [0.15, 0.2) is 66.9 Å². The second kappa shape index (κ2) is 6.02. The van der Waals surface area contributed by atoms with E-state index < -0.39 is 0 Å². The second-order valence-corrected chi connectivity index (χ2v) is 6.08.